The predicted octanol–water partition coefficient (Wildman–Crippen LogP) is 1.17. The van der Waals surface area contributed by atoms with Gasteiger partial charge >= 0.3 is 0 Å². The average Bonchev–Trinajstić information content (AvgIpc) is 2.01. The summed E-state index contributed by atoms with van der Waals surface area (Å²) in [5, 5.41) is 11.5. The number of carbonyl (C=O) groups is 1. The van der Waals surface area contributed by atoms with Gasteiger partial charge in [-0.3, -0.25) is 4.79 Å². The number of amides is 1. The summed E-state index contributed by atoms with van der Waals surface area (Å²) in [7, 11) is 0. The van der Waals surface area contributed by atoms with Gasteiger partial charge in [-0.05, 0) is 24.7 Å². The molecule has 2 unspecified atom stereocenters. The van der Waals surface area contributed by atoms with Gasteiger partial charge in [-0.15, -0.1) is 0 Å². The summed E-state index contributed by atoms with van der Waals surface area (Å²) < 4.78 is 0. The average molecular weight is 187 g/mol. The Morgan fingerprint density at radius 3 is 2.46 bits per heavy atom. The number of hydrogen-bond acceptors (Lipinski definition) is 2. The molecule has 0 aliphatic heterocycles. The van der Waals surface area contributed by atoms with Gasteiger partial charge in [0.25, 0.3) is 0 Å². The topological polar surface area (TPSA) is 49.3 Å². The molecule has 2 atom stereocenters. The van der Waals surface area contributed by atoms with Crippen LogP contribution in [0.15, 0.2) is 0 Å². The van der Waals surface area contributed by atoms with Gasteiger partial charge < -0.3 is 10.4 Å². The Bertz CT molecular complexity index is 148. The Morgan fingerprint density at radius 1 is 1.38 bits per heavy atom. The van der Waals surface area contributed by atoms with Crippen molar-refractivity contribution >= 4 is 5.91 Å². The monoisotopic (exact) mass is 187 g/mol. The Kier molecular flexibility index (Phi) is 6.59. The highest BCUT2D eigenvalue weighted by Crippen LogP contribution is 2.13. The largest absolute Gasteiger partial charge is 0.396 e. The van der Waals surface area contributed by atoms with E-state index < -0.39 is 0 Å². The molecule has 2 N–H and O–H groups in total. The Morgan fingerprint density at radius 2 is 2.00 bits per heavy atom. The third-order valence-electron chi connectivity index (χ3n) is 2.13. The molecule has 0 aromatic heterocycles. The first kappa shape index (κ1) is 12.4. The molecule has 0 radical (unpaired) electrons. The van der Waals surface area contributed by atoms with Crippen LogP contribution in [0.1, 0.15) is 33.6 Å². The van der Waals surface area contributed by atoms with Crippen LogP contribution in [0.25, 0.3) is 0 Å². The van der Waals surface area contributed by atoms with Crippen LogP contribution in [0, 0.1) is 11.8 Å². The van der Waals surface area contributed by atoms with Crippen molar-refractivity contribution in [2.24, 2.45) is 11.8 Å². The van der Waals surface area contributed by atoms with E-state index in [0.717, 1.165) is 19.4 Å². The lowest BCUT2D eigenvalue weighted by molar-refractivity contribution is -0.119. The van der Waals surface area contributed by atoms with E-state index >= 15 is 0 Å². The van der Waals surface area contributed by atoms with Crippen molar-refractivity contribution in [3.8, 4) is 0 Å². The van der Waals surface area contributed by atoms with E-state index in [4.69, 9.17) is 5.11 Å². The number of aliphatic hydroxyl groups excluding tert-OH is 1. The molecule has 0 spiro atoms. The molecule has 0 aromatic rings. The van der Waals surface area contributed by atoms with Crippen LogP contribution in [0.4, 0.5) is 0 Å². The van der Waals surface area contributed by atoms with E-state index in [1.807, 2.05) is 0 Å². The first-order chi connectivity index (χ1) is 6.06. The van der Waals surface area contributed by atoms with Gasteiger partial charge in [0.2, 0.25) is 5.91 Å². The van der Waals surface area contributed by atoms with Crippen LogP contribution in [0.5, 0.6) is 0 Å². The second kappa shape index (κ2) is 6.89. The molecule has 0 heterocycles. The van der Waals surface area contributed by atoms with Crippen molar-refractivity contribution in [1.29, 1.82) is 0 Å². The van der Waals surface area contributed by atoms with Gasteiger partial charge in [0.15, 0.2) is 0 Å². The summed E-state index contributed by atoms with van der Waals surface area (Å²) in [4.78, 5) is 10.6. The van der Waals surface area contributed by atoms with E-state index in [2.05, 4.69) is 19.2 Å². The Balaban J connectivity index is 3.48. The summed E-state index contributed by atoms with van der Waals surface area (Å²) >= 11 is 0. The lowest BCUT2D eigenvalue weighted by Crippen LogP contribution is -2.26. The van der Waals surface area contributed by atoms with Crippen molar-refractivity contribution in [2.45, 2.75) is 33.6 Å². The van der Waals surface area contributed by atoms with Crippen molar-refractivity contribution in [1.82, 2.24) is 5.32 Å². The van der Waals surface area contributed by atoms with Crippen molar-refractivity contribution in [2.75, 3.05) is 13.2 Å². The summed E-state index contributed by atoms with van der Waals surface area (Å²) in [5.41, 5.74) is 0. The van der Waals surface area contributed by atoms with Crippen LogP contribution < -0.4 is 5.32 Å². The van der Waals surface area contributed by atoms with E-state index in [1.54, 1.807) is 0 Å². The van der Waals surface area contributed by atoms with Crippen LogP contribution in [-0.4, -0.2) is 24.2 Å². The quantitative estimate of drug-likeness (QED) is 0.655. The third kappa shape index (κ3) is 7.78. The van der Waals surface area contributed by atoms with Crippen molar-refractivity contribution < 1.29 is 9.90 Å². The van der Waals surface area contributed by atoms with Crippen molar-refractivity contribution in [3.63, 3.8) is 0 Å². The Hall–Kier alpha value is -0.570. The predicted molar refractivity (Wildman–Crippen MR) is 53.3 cm³/mol. The van der Waals surface area contributed by atoms with Crippen LogP contribution in [-0.2, 0) is 4.79 Å². The molecule has 0 fully saturated rings. The number of rotatable bonds is 6. The summed E-state index contributed by atoms with van der Waals surface area (Å²) in [6.45, 7) is 6.77. The fraction of sp³-hybridized carbons (Fsp3) is 0.900. The maximum Gasteiger partial charge on any atom is 0.216 e. The molecule has 78 valence electrons. The standard InChI is InChI=1S/C10H21NO2/c1-8(4-5-12)6-9(2)7-11-10(3)13/h8-9,12H,4-7H2,1-3H3,(H,11,13). The highest BCUT2D eigenvalue weighted by Gasteiger charge is 2.08. The van der Waals surface area contributed by atoms with Crippen LogP contribution in [0.2, 0.25) is 0 Å². The molecule has 0 aliphatic carbocycles. The molecule has 0 saturated heterocycles. The van der Waals surface area contributed by atoms with Gasteiger partial charge in [0.1, 0.15) is 0 Å². The molecular weight excluding hydrogens is 166 g/mol. The first-order valence-electron chi connectivity index (χ1n) is 4.91. The van der Waals surface area contributed by atoms with E-state index in [-0.39, 0.29) is 12.5 Å². The number of hydrogen-bond donors (Lipinski definition) is 2. The van der Waals surface area contributed by atoms with E-state index in [0.29, 0.717) is 11.8 Å². The number of carbonyl (C=O) groups excluding carboxylic acids is 1. The summed E-state index contributed by atoms with van der Waals surface area (Å²) in [6, 6.07) is 0. The van der Waals surface area contributed by atoms with Gasteiger partial charge in [-0.2, -0.15) is 0 Å². The second-order valence-corrected chi connectivity index (χ2v) is 3.90. The smallest absolute Gasteiger partial charge is 0.216 e. The molecule has 0 bridgehead atoms. The molecule has 13 heavy (non-hydrogen) atoms. The van der Waals surface area contributed by atoms with Gasteiger partial charge in [-0.25, -0.2) is 0 Å². The molecule has 0 saturated carbocycles. The molecule has 0 aliphatic rings. The maximum atomic E-state index is 10.6. The summed E-state index contributed by atoms with van der Waals surface area (Å²) in [6.07, 6.45) is 1.91. The number of aliphatic hydroxyl groups is 1. The van der Waals surface area contributed by atoms with Crippen LogP contribution in [0.3, 0.4) is 0 Å². The van der Waals surface area contributed by atoms with Gasteiger partial charge in [0, 0.05) is 20.1 Å². The zero-order valence-electron chi connectivity index (χ0n) is 8.84. The third-order valence-corrected chi connectivity index (χ3v) is 2.13. The molecule has 3 nitrogen and oxygen atoms in total. The number of nitrogens with one attached hydrogen (secondary N) is 1. The zero-order valence-corrected chi connectivity index (χ0v) is 8.84. The maximum absolute atomic E-state index is 10.6. The lowest BCUT2D eigenvalue weighted by Gasteiger charge is -2.16. The molecule has 0 rings (SSSR count). The highest BCUT2D eigenvalue weighted by molar-refractivity contribution is 5.72. The minimum atomic E-state index is 0.0293. The summed E-state index contributed by atoms with van der Waals surface area (Å²) in [5.74, 6) is 1.06. The SMILES string of the molecule is CC(=O)NCC(C)CC(C)CCO. The molecule has 3 heteroatoms. The molecule has 0 aromatic carbocycles. The highest BCUT2D eigenvalue weighted by atomic mass is 16.3. The Labute approximate surface area is 80.5 Å². The van der Waals surface area contributed by atoms with Gasteiger partial charge in [0.05, 0.1) is 0 Å². The first-order valence-corrected chi connectivity index (χ1v) is 4.91. The zero-order chi connectivity index (χ0) is 10.3. The van der Waals surface area contributed by atoms with E-state index in [1.165, 1.54) is 6.92 Å². The minimum absolute atomic E-state index is 0.0293. The molecular formula is C10H21NO2. The minimum Gasteiger partial charge on any atom is -0.396 e. The van der Waals surface area contributed by atoms with Crippen LogP contribution >= 0.6 is 0 Å². The second-order valence-electron chi connectivity index (χ2n) is 3.90. The lowest BCUT2D eigenvalue weighted by atomic mass is 9.95. The molecule has 1 amide bonds. The van der Waals surface area contributed by atoms with Crippen molar-refractivity contribution in [3.05, 3.63) is 0 Å². The van der Waals surface area contributed by atoms with E-state index in [9.17, 15) is 4.79 Å². The fourth-order valence-electron chi connectivity index (χ4n) is 1.43. The normalized spacial score (nSPS) is 15.1. The van der Waals surface area contributed by atoms with Gasteiger partial charge in [-0.1, -0.05) is 13.8 Å². The fourth-order valence-corrected chi connectivity index (χ4v) is 1.43.